The Morgan fingerprint density at radius 2 is 1.83 bits per heavy atom. The predicted octanol–water partition coefficient (Wildman–Crippen LogP) is 2.25. The normalized spacial score (nSPS) is 15.0. The first-order valence-corrected chi connectivity index (χ1v) is 7.84. The van der Waals surface area contributed by atoms with Gasteiger partial charge < -0.3 is 15.1 Å². The Kier molecular flexibility index (Phi) is 4.46. The summed E-state index contributed by atoms with van der Waals surface area (Å²) in [6.45, 7) is 0.950. The van der Waals surface area contributed by atoms with E-state index in [1.165, 1.54) is 11.8 Å². The Bertz CT molecular complexity index is 661. The van der Waals surface area contributed by atoms with E-state index >= 15 is 0 Å². The fraction of sp³-hybridized carbons (Fsp3) is 0.333. The molecule has 1 aromatic carbocycles. The monoisotopic (exact) mass is 312 g/mol. The van der Waals surface area contributed by atoms with E-state index in [1.807, 2.05) is 18.2 Å². The molecular weight excluding hydrogens is 292 g/mol. The van der Waals surface area contributed by atoms with Crippen LogP contribution in [0.3, 0.4) is 0 Å². The van der Waals surface area contributed by atoms with Crippen molar-refractivity contribution in [3.8, 4) is 0 Å². The lowest BCUT2D eigenvalue weighted by Gasteiger charge is -2.16. The second kappa shape index (κ2) is 6.69. The highest BCUT2D eigenvalue weighted by Gasteiger charge is 2.44. The smallest absolute Gasteiger partial charge is 0.286 e. The summed E-state index contributed by atoms with van der Waals surface area (Å²) in [5.74, 6) is -0.0934. The Morgan fingerprint density at radius 3 is 2.48 bits per heavy atom. The number of nitrogens with one attached hydrogen (secondary N) is 2. The SMILES string of the molecule is O=C(CCNC(=O)c1ccco1)NCC1(c2ccccc2)CC1. The van der Waals surface area contributed by atoms with Gasteiger partial charge in [-0.3, -0.25) is 9.59 Å². The highest BCUT2D eigenvalue weighted by molar-refractivity contribution is 5.91. The maximum atomic E-state index is 11.9. The van der Waals surface area contributed by atoms with Crippen molar-refractivity contribution in [1.82, 2.24) is 10.6 Å². The van der Waals surface area contributed by atoms with Crippen LogP contribution in [0.2, 0.25) is 0 Å². The summed E-state index contributed by atoms with van der Waals surface area (Å²) in [4.78, 5) is 23.6. The van der Waals surface area contributed by atoms with E-state index in [9.17, 15) is 9.59 Å². The van der Waals surface area contributed by atoms with Crippen molar-refractivity contribution in [2.45, 2.75) is 24.7 Å². The van der Waals surface area contributed by atoms with Crippen molar-refractivity contribution < 1.29 is 14.0 Å². The van der Waals surface area contributed by atoms with Crippen molar-refractivity contribution in [2.75, 3.05) is 13.1 Å². The van der Waals surface area contributed by atoms with Crippen LogP contribution in [0.25, 0.3) is 0 Å². The molecule has 3 rings (SSSR count). The van der Waals surface area contributed by atoms with Gasteiger partial charge in [0.2, 0.25) is 5.91 Å². The van der Waals surface area contributed by atoms with E-state index in [1.54, 1.807) is 12.1 Å². The lowest BCUT2D eigenvalue weighted by atomic mass is 9.96. The summed E-state index contributed by atoms with van der Waals surface area (Å²) in [5, 5.41) is 5.65. The van der Waals surface area contributed by atoms with Crippen molar-refractivity contribution in [2.24, 2.45) is 0 Å². The molecule has 0 unspecified atom stereocenters. The molecule has 2 amide bonds. The summed E-state index contributed by atoms with van der Waals surface area (Å²) >= 11 is 0. The summed E-state index contributed by atoms with van der Waals surface area (Å²) in [6.07, 6.45) is 3.91. The molecule has 1 heterocycles. The molecule has 1 fully saturated rings. The number of furan rings is 1. The van der Waals surface area contributed by atoms with Gasteiger partial charge in [0.15, 0.2) is 5.76 Å². The standard InChI is InChI=1S/C18H20N2O3/c21-16(8-11-19-17(22)15-7-4-12-23-15)20-13-18(9-10-18)14-5-2-1-3-6-14/h1-7,12H,8-11,13H2,(H,19,22)(H,20,21). The molecule has 0 atom stereocenters. The topological polar surface area (TPSA) is 71.3 Å². The summed E-state index contributed by atoms with van der Waals surface area (Å²) in [5.41, 5.74) is 1.39. The van der Waals surface area contributed by atoms with Gasteiger partial charge in [-0.15, -0.1) is 0 Å². The molecule has 1 aliphatic rings. The van der Waals surface area contributed by atoms with Crippen LogP contribution in [0.5, 0.6) is 0 Å². The third-order valence-electron chi connectivity index (χ3n) is 4.25. The van der Waals surface area contributed by atoms with E-state index in [2.05, 4.69) is 22.8 Å². The molecule has 2 N–H and O–H groups in total. The van der Waals surface area contributed by atoms with E-state index in [-0.39, 0.29) is 29.4 Å². The molecule has 2 aromatic rings. The number of hydrogen-bond acceptors (Lipinski definition) is 3. The molecule has 0 radical (unpaired) electrons. The lowest BCUT2D eigenvalue weighted by molar-refractivity contribution is -0.121. The quantitative estimate of drug-likeness (QED) is 0.823. The zero-order chi connectivity index (χ0) is 16.1. The first-order valence-electron chi connectivity index (χ1n) is 7.84. The van der Waals surface area contributed by atoms with Gasteiger partial charge in [0.05, 0.1) is 6.26 Å². The van der Waals surface area contributed by atoms with Gasteiger partial charge in [-0.2, -0.15) is 0 Å². The van der Waals surface area contributed by atoms with E-state index in [0.717, 1.165) is 12.8 Å². The van der Waals surface area contributed by atoms with Crippen LogP contribution in [0.1, 0.15) is 35.4 Å². The average Bonchev–Trinajstić information content (AvgIpc) is 3.17. The molecule has 5 heteroatoms. The molecule has 0 bridgehead atoms. The van der Waals surface area contributed by atoms with E-state index in [0.29, 0.717) is 13.1 Å². The van der Waals surface area contributed by atoms with E-state index in [4.69, 9.17) is 4.42 Å². The zero-order valence-corrected chi connectivity index (χ0v) is 12.9. The number of hydrogen-bond donors (Lipinski definition) is 2. The molecule has 1 aromatic heterocycles. The predicted molar refractivity (Wildman–Crippen MR) is 86.0 cm³/mol. The summed E-state index contributed by atoms with van der Waals surface area (Å²) < 4.78 is 4.99. The van der Waals surface area contributed by atoms with Crippen LogP contribution in [-0.4, -0.2) is 24.9 Å². The average molecular weight is 312 g/mol. The number of rotatable bonds is 7. The fourth-order valence-electron chi connectivity index (χ4n) is 2.65. The minimum atomic E-state index is -0.300. The Balaban J connectivity index is 1.40. The van der Waals surface area contributed by atoms with Crippen molar-refractivity contribution >= 4 is 11.8 Å². The maximum absolute atomic E-state index is 11.9. The van der Waals surface area contributed by atoms with Gasteiger partial charge in [0.1, 0.15) is 0 Å². The molecule has 0 spiro atoms. The molecular formula is C18H20N2O3. The van der Waals surface area contributed by atoms with E-state index < -0.39 is 0 Å². The Morgan fingerprint density at radius 1 is 1.04 bits per heavy atom. The summed E-state index contributed by atoms with van der Waals surface area (Å²) in [6, 6.07) is 13.5. The molecule has 0 aliphatic heterocycles. The first kappa shape index (κ1) is 15.3. The number of benzene rings is 1. The maximum Gasteiger partial charge on any atom is 0.286 e. The molecule has 23 heavy (non-hydrogen) atoms. The lowest BCUT2D eigenvalue weighted by Crippen LogP contribution is -2.35. The van der Waals surface area contributed by atoms with Gasteiger partial charge in [-0.05, 0) is 30.5 Å². The van der Waals surface area contributed by atoms with Gasteiger partial charge in [0.25, 0.3) is 5.91 Å². The molecule has 1 aliphatic carbocycles. The number of carbonyl (C=O) groups excluding carboxylic acids is 2. The molecule has 120 valence electrons. The second-order valence-electron chi connectivity index (χ2n) is 5.91. The van der Waals surface area contributed by atoms with Gasteiger partial charge in [-0.1, -0.05) is 30.3 Å². The van der Waals surface area contributed by atoms with Crippen LogP contribution in [0.15, 0.2) is 53.1 Å². The number of amides is 2. The van der Waals surface area contributed by atoms with Crippen LogP contribution < -0.4 is 10.6 Å². The minimum Gasteiger partial charge on any atom is -0.459 e. The van der Waals surface area contributed by atoms with Crippen molar-refractivity contribution in [3.63, 3.8) is 0 Å². The highest BCUT2D eigenvalue weighted by atomic mass is 16.3. The van der Waals surface area contributed by atoms with Gasteiger partial charge in [-0.25, -0.2) is 0 Å². The fourth-order valence-corrected chi connectivity index (χ4v) is 2.65. The third kappa shape index (κ3) is 3.80. The molecule has 1 saturated carbocycles. The zero-order valence-electron chi connectivity index (χ0n) is 12.9. The van der Waals surface area contributed by atoms with Crippen LogP contribution in [0, 0.1) is 0 Å². The van der Waals surface area contributed by atoms with Crippen molar-refractivity contribution in [3.05, 3.63) is 60.1 Å². The molecule has 5 nitrogen and oxygen atoms in total. The Hall–Kier alpha value is -2.56. The third-order valence-corrected chi connectivity index (χ3v) is 4.25. The van der Waals surface area contributed by atoms with Gasteiger partial charge >= 0.3 is 0 Å². The van der Waals surface area contributed by atoms with Crippen molar-refractivity contribution in [1.29, 1.82) is 0 Å². The summed E-state index contributed by atoms with van der Waals surface area (Å²) in [7, 11) is 0. The van der Waals surface area contributed by atoms with Gasteiger partial charge in [0, 0.05) is 24.9 Å². The highest BCUT2D eigenvalue weighted by Crippen LogP contribution is 2.47. The largest absolute Gasteiger partial charge is 0.459 e. The van der Waals surface area contributed by atoms with Crippen LogP contribution in [-0.2, 0) is 10.2 Å². The minimum absolute atomic E-state index is 0.0491. The second-order valence-corrected chi connectivity index (χ2v) is 5.91. The Labute approximate surface area is 135 Å². The molecule has 0 saturated heterocycles. The first-order chi connectivity index (χ1) is 11.2. The van der Waals surface area contributed by atoms with Crippen LogP contribution in [0.4, 0.5) is 0 Å². The van der Waals surface area contributed by atoms with Crippen LogP contribution >= 0.6 is 0 Å². The number of carbonyl (C=O) groups is 2.